The largest absolute Gasteiger partial charge is 0.366 e. The number of nitrogens with two attached hydrogens (primary N) is 1. The molecule has 0 radical (unpaired) electrons. The molecule has 0 aliphatic heterocycles. The lowest BCUT2D eigenvalue weighted by Crippen LogP contribution is -2.19. The van der Waals surface area contributed by atoms with Gasteiger partial charge in [0.05, 0.1) is 0 Å². The third-order valence-electron chi connectivity index (χ3n) is 3.60. The van der Waals surface area contributed by atoms with Crippen molar-refractivity contribution >= 4 is 5.91 Å². The van der Waals surface area contributed by atoms with E-state index in [4.69, 9.17) is 5.73 Å². The fourth-order valence-corrected chi connectivity index (χ4v) is 2.18. The fraction of sp³-hybridized carbons (Fsp3) is 0.235. The van der Waals surface area contributed by atoms with E-state index < -0.39 is 5.91 Å². The van der Waals surface area contributed by atoms with Crippen LogP contribution in [0, 0.1) is 12.7 Å². The molecule has 0 aliphatic carbocycles. The van der Waals surface area contributed by atoms with E-state index in [9.17, 15) is 9.18 Å². The molecule has 3 nitrogen and oxygen atoms in total. The third-order valence-corrected chi connectivity index (χ3v) is 3.60. The molecular formula is C17H19FN2O. The van der Waals surface area contributed by atoms with Crippen LogP contribution in [0.5, 0.6) is 0 Å². The predicted octanol–water partition coefficient (Wildman–Crippen LogP) is 3.08. The second-order valence-electron chi connectivity index (χ2n) is 5.16. The number of benzene rings is 2. The molecule has 21 heavy (non-hydrogen) atoms. The summed E-state index contributed by atoms with van der Waals surface area (Å²) in [4.78, 5) is 11.1. The summed E-state index contributed by atoms with van der Waals surface area (Å²) in [5.41, 5.74) is 8.93. The average molecular weight is 286 g/mol. The van der Waals surface area contributed by atoms with Gasteiger partial charge in [-0.1, -0.05) is 18.2 Å². The molecule has 0 aromatic heterocycles. The second kappa shape index (κ2) is 6.50. The van der Waals surface area contributed by atoms with E-state index in [0.29, 0.717) is 12.1 Å². The quantitative estimate of drug-likeness (QED) is 0.887. The second-order valence-corrected chi connectivity index (χ2v) is 5.16. The zero-order valence-corrected chi connectivity index (χ0v) is 12.2. The van der Waals surface area contributed by atoms with Gasteiger partial charge in [-0.05, 0) is 54.8 Å². The number of hydrogen-bond donors (Lipinski definition) is 2. The lowest BCUT2D eigenvalue weighted by molar-refractivity contribution is 0.1000. The first kappa shape index (κ1) is 15.2. The molecule has 0 spiro atoms. The van der Waals surface area contributed by atoms with Crippen molar-refractivity contribution in [3.8, 4) is 0 Å². The van der Waals surface area contributed by atoms with Crippen LogP contribution >= 0.6 is 0 Å². The van der Waals surface area contributed by atoms with Crippen LogP contribution in [-0.2, 0) is 6.54 Å². The smallest absolute Gasteiger partial charge is 0.248 e. The highest BCUT2D eigenvalue weighted by molar-refractivity contribution is 5.93. The van der Waals surface area contributed by atoms with Crippen molar-refractivity contribution in [2.75, 3.05) is 0 Å². The van der Waals surface area contributed by atoms with Gasteiger partial charge in [0, 0.05) is 18.2 Å². The molecular weight excluding hydrogens is 267 g/mol. The first-order chi connectivity index (χ1) is 9.97. The third kappa shape index (κ3) is 3.89. The Morgan fingerprint density at radius 3 is 2.48 bits per heavy atom. The fourth-order valence-electron chi connectivity index (χ4n) is 2.18. The summed E-state index contributed by atoms with van der Waals surface area (Å²) in [7, 11) is 0. The first-order valence-corrected chi connectivity index (χ1v) is 6.85. The Labute approximate surface area is 124 Å². The SMILES string of the molecule is Cc1cc(C(N)=O)ccc1CN[C@@H](C)c1ccc(F)cc1. The molecule has 0 saturated carbocycles. The number of aryl methyl sites for hydroxylation is 1. The van der Waals surface area contributed by atoms with Crippen molar-refractivity contribution in [1.82, 2.24) is 5.32 Å². The normalized spacial score (nSPS) is 12.1. The molecule has 0 fully saturated rings. The van der Waals surface area contributed by atoms with Gasteiger partial charge in [-0.15, -0.1) is 0 Å². The van der Waals surface area contributed by atoms with Crippen LogP contribution in [0.25, 0.3) is 0 Å². The zero-order valence-electron chi connectivity index (χ0n) is 12.2. The summed E-state index contributed by atoms with van der Waals surface area (Å²) < 4.78 is 12.9. The lowest BCUT2D eigenvalue weighted by Gasteiger charge is -2.15. The van der Waals surface area contributed by atoms with Crippen molar-refractivity contribution in [1.29, 1.82) is 0 Å². The maximum Gasteiger partial charge on any atom is 0.248 e. The van der Waals surface area contributed by atoms with Crippen molar-refractivity contribution in [3.05, 3.63) is 70.5 Å². The molecule has 1 atom stereocenters. The number of halogens is 1. The van der Waals surface area contributed by atoms with Crippen LogP contribution in [0.4, 0.5) is 4.39 Å². The van der Waals surface area contributed by atoms with Gasteiger partial charge >= 0.3 is 0 Å². The molecule has 0 heterocycles. The van der Waals surface area contributed by atoms with Crippen molar-refractivity contribution in [3.63, 3.8) is 0 Å². The molecule has 0 aliphatic rings. The van der Waals surface area contributed by atoms with Crippen molar-refractivity contribution in [2.45, 2.75) is 26.4 Å². The molecule has 110 valence electrons. The Morgan fingerprint density at radius 1 is 1.24 bits per heavy atom. The highest BCUT2D eigenvalue weighted by atomic mass is 19.1. The van der Waals surface area contributed by atoms with Crippen molar-refractivity contribution in [2.24, 2.45) is 5.73 Å². The van der Waals surface area contributed by atoms with Gasteiger partial charge in [0.2, 0.25) is 5.91 Å². The number of nitrogens with one attached hydrogen (secondary N) is 1. The summed E-state index contributed by atoms with van der Waals surface area (Å²) >= 11 is 0. The minimum absolute atomic E-state index is 0.112. The first-order valence-electron chi connectivity index (χ1n) is 6.85. The summed E-state index contributed by atoms with van der Waals surface area (Å²) in [5.74, 6) is -0.652. The van der Waals surface area contributed by atoms with Gasteiger partial charge < -0.3 is 11.1 Å². The van der Waals surface area contributed by atoms with E-state index in [0.717, 1.165) is 16.7 Å². The lowest BCUT2D eigenvalue weighted by atomic mass is 10.0. The maximum atomic E-state index is 12.9. The molecule has 3 N–H and O–H groups in total. The number of primary amides is 1. The van der Waals surface area contributed by atoms with Gasteiger partial charge in [0.15, 0.2) is 0 Å². The summed E-state index contributed by atoms with van der Waals surface area (Å²) in [6.07, 6.45) is 0. The van der Waals surface area contributed by atoms with Crippen LogP contribution in [-0.4, -0.2) is 5.91 Å². The van der Waals surface area contributed by atoms with Gasteiger partial charge in [-0.3, -0.25) is 4.79 Å². The molecule has 0 saturated heterocycles. The molecule has 0 bridgehead atoms. The van der Waals surface area contributed by atoms with E-state index in [1.54, 1.807) is 24.3 Å². The number of amides is 1. The highest BCUT2D eigenvalue weighted by Gasteiger charge is 2.08. The average Bonchev–Trinajstić information content (AvgIpc) is 2.46. The monoisotopic (exact) mass is 286 g/mol. The van der Waals surface area contributed by atoms with Gasteiger partial charge in [0.25, 0.3) is 0 Å². The van der Waals surface area contributed by atoms with E-state index >= 15 is 0 Å². The summed E-state index contributed by atoms with van der Waals surface area (Å²) in [6.45, 7) is 4.65. The van der Waals surface area contributed by atoms with Gasteiger partial charge in [-0.2, -0.15) is 0 Å². The van der Waals surface area contributed by atoms with E-state index in [1.165, 1.54) is 12.1 Å². The van der Waals surface area contributed by atoms with Crippen LogP contribution in [0.15, 0.2) is 42.5 Å². The molecule has 2 aromatic rings. The number of carbonyl (C=O) groups is 1. The van der Waals surface area contributed by atoms with Crippen LogP contribution in [0.2, 0.25) is 0 Å². The number of rotatable bonds is 5. The van der Waals surface area contributed by atoms with Crippen LogP contribution in [0.1, 0.15) is 40.0 Å². The molecule has 4 heteroatoms. The molecule has 0 unspecified atom stereocenters. The van der Waals surface area contributed by atoms with E-state index in [1.807, 2.05) is 19.9 Å². The van der Waals surface area contributed by atoms with Gasteiger partial charge in [-0.25, -0.2) is 4.39 Å². The predicted molar refractivity (Wildman–Crippen MR) is 81.4 cm³/mol. The van der Waals surface area contributed by atoms with Crippen molar-refractivity contribution < 1.29 is 9.18 Å². The molecule has 1 amide bonds. The summed E-state index contributed by atoms with van der Waals surface area (Å²) in [6, 6.07) is 12.0. The topological polar surface area (TPSA) is 55.1 Å². The Hall–Kier alpha value is -2.20. The highest BCUT2D eigenvalue weighted by Crippen LogP contribution is 2.16. The standard InChI is InChI=1S/C17H19FN2O/c1-11-9-14(17(19)21)3-4-15(11)10-20-12(2)13-5-7-16(18)8-6-13/h3-9,12,20H,10H2,1-2H3,(H2,19,21)/t12-/m0/s1. The molecule has 2 aromatic carbocycles. The minimum Gasteiger partial charge on any atom is -0.366 e. The van der Waals surface area contributed by atoms with Crippen LogP contribution in [0.3, 0.4) is 0 Å². The van der Waals surface area contributed by atoms with Gasteiger partial charge in [0.1, 0.15) is 5.82 Å². The maximum absolute atomic E-state index is 12.9. The Kier molecular flexibility index (Phi) is 4.70. The van der Waals surface area contributed by atoms with E-state index in [2.05, 4.69) is 5.32 Å². The number of hydrogen-bond acceptors (Lipinski definition) is 2. The Bertz CT molecular complexity index is 638. The molecule has 2 rings (SSSR count). The Morgan fingerprint density at radius 2 is 1.90 bits per heavy atom. The zero-order chi connectivity index (χ0) is 15.4. The minimum atomic E-state index is -0.419. The van der Waals surface area contributed by atoms with E-state index in [-0.39, 0.29) is 11.9 Å². The summed E-state index contributed by atoms with van der Waals surface area (Å²) in [5, 5.41) is 3.39. The number of carbonyl (C=O) groups excluding carboxylic acids is 1. The Balaban J connectivity index is 2.02. The van der Waals surface area contributed by atoms with Crippen LogP contribution < -0.4 is 11.1 Å².